The van der Waals surface area contributed by atoms with E-state index in [4.69, 9.17) is 0 Å². The van der Waals surface area contributed by atoms with Gasteiger partial charge in [0.05, 0.1) is 10.9 Å². The zero-order valence-corrected chi connectivity index (χ0v) is 13.5. The molecule has 23 heavy (non-hydrogen) atoms. The van der Waals surface area contributed by atoms with Crippen molar-refractivity contribution in [2.24, 2.45) is 0 Å². The van der Waals surface area contributed by atoms with Gasteiger partial charge in [-0.2, -0.15) is 0 Å². The van der Waals surface area contributed by atoms with Crippen LogP contribution in [0.2, 0.25) is 0 Å². The monoisotopic (exact) mass is 316 g/mol. The Hall–Kier alpha value is -2.44. The van der Waals surface area contributed by atoms with Gasteiger partial charge >= 0.3 is 5.69 Å². The van der Waals surface area contributed by atoms with Crippen LogP contribution in [0.3, 0.4) is 0 Å². The molecule has 0 aromatic carbocycles. The first-order valence-corrected chi connectivity index (χ1v) is 7.91. The van der Waals surface area contributed by atoms with E-state index in [0.29, 0.717) is 18.1 Å². The summed E-state index contributed by atoms with van der Waals surface area (Å²) in [5.41, 5.74) is 0.284. The van der Waals surface area contributed by atoms with Crippen molar-refractivity contribution in [2.75, 3.05) is 0 Å². The number of fused-ring (bicyclic) bond motifs is 1. The van der Waals surface area contributed by atoms with Crippen molar-refractivity contribution in [3.8, 4) is 0 Å². The predicted octanol–water partition coefficient (Wildman–Crippen LogP) is 1.12. The highest BCUT2D eigenvalue weighted by atomic mass is 16.2. The van der Waals surface area contributed by atoms with E-state index in [1.165, 1.54) is 4.57 Å². The third-order valence-electron chi connectivity index (χ3n) is 3.94. The summed E-state index contributed by atoms with van der Waals surface area (Å²) in [5, 5.41) is 2.99. The SMILES string of the molecule is CCn1c(=O)[nH]c(=O)c2c(C(=O)NC(C)C)cc(C3CC3)nc21. The molecule has 0 radical (unpaired) electrons. The average Bonchev–Trinajstić information content (AvgIpc) is 3.30. The molecule has 1 saturated carbocycles. The smallest absolute Gasteiger partial charge is 0.329 e. The van der Waals surface area contributed by atoms with E-state index in [0.717, 1.165) is 18.5 Å². The summed E-state index contributed by atoms with van der Waals surface area (Å²) in [6, 6.07) is 1.64. The third-order valence-corrected chi connectivity index (χ3v) is 3.94. The van der Waals surface area contributed by atoms with E-state index in [-0.39, 0.29) is 22.9 Å². The minimum atomic E-state index is -0.571. The fraction of sp³-hybridized carbons (Fsp3) is 0.500. The number of H-pyrrole nitrogens is 1. The van der Waals surface area contributed by atoms with E-state index in [2.05, 4.69) is 15.3 Å². The molecule has 0 saturated heterocycles. The molecule has 1 aliphatic carbocycles. The lowest BCUT2D eigenvalue weighted by molar-refractivity contribution is 0.0944. The van der Waals surface area contributed by atoms with E-state index in [9.17, 15) is 14.4 Å². The second kappa shape index (κ2) is 5.64. The Balaban J connectivity index is 2.35. The van der Waals surface area contributed by atoms with Gasteiger partial charge in [-0.15, -0.1) is 0 Å². The van der Waals surface area contributed by atoms with Gasteiger partial charge in [0.2, 0.25) is 0 Å². The number of hydrogen-bond donors (Lipinski definition) is 2. The lowest BCUT2D eigenvalue weighted by Crippen LogP contribution is -2.35. The predicted molar refractivity (Wildman–Crippen MR) is 86.9 cm³/mol. The van der Waals surface area contributed by atoms with Crippen molar-refractivity contribution in [1.82, 2.24) is 19.9 Å². The maximum atomic E-state index is 12.5. The topological polar surface area (TPSA) is 96.9 Å². The molecule has 2 heterocycles. The van der Waals surface area contributed by atoms with E-state index in [1.807, 2.05) is 13.8 Å². The molecular formula is C16H20N4O3. The fourth-order valence-corrected chi connectivity index (χ4v) is 2.69. The molecule has 3 rings (SSSR count). The van der Waals surface area contributed by atoms with Gasteiger partial charge in [-0.3, -0.25) is 19.1 Å². The van der Waals surface area contributed by atoms with Crippen LogP contribution in [0.1, 0.15) is 55.6 Å². The molecule has 7 nitrogen and oxygen atoms in total. The van der Waals surface area contributed by atoms with Gasteiger partial charge in [-0.25, -0.2) is 9.78 Å². The molecule has 0 atom stereocenters. The number of carbonyl (C=O) groups is 1. The normalized spacial score (nSPS) is 14.4. The first kappa shape index (κ1) is 15.5. The summed E-state index contributed by atoms with van der Waals surface area (Å²) in [6.45, 7) is 5.89. The average molecular weight is 316 g/mol. The van der Waals surface area contributed by atoms with Crippen LogP contribution in [-0.4, -0.2) is 26.5 Å². The number of aromatic amines is 1. The Labute approximate surface area is 132 Å². The van der Waals surface area contributed by atoms with Crippen molar-refractivity contribution >= 4 is 16.9 Å². The van der Waals surface area contributed by atoms with Crippen LogP contribution < -0.4 is 16.6 Å². The molecule has 1 amide bonds. The Morgan fingerprint density at radius 1 is 1.43 bits per heavy atom. The van der Waals surface area contributed by atoms with Gasteiger partial charge < -0.3 is 5.32 Å². The summed E-state index contributed by atoms with van der Waals surface area (Å²) in [4.78, 5) is 43.6. The zero-order chi connectivity index (χ0) is 16.7. The van der Waals surface area contributed by atoms with Crippen LogP contribution in [0.25, 0.3) is 11.0 Å². The molecule has 0 bridgehead atoms. The van der Waals surface area contributed by atoms with Gasteiger partial charge in [0.1, 0.15) is 0 Å². The number of aryl methyl sites for hydroxylation is 1. The number of hydrogen-bond acceptors (Lipinski definition) is 4. The first-order valence-electron chi connectivity index (χ1n) is 7.91. The van der Waals surface area contributed by atoms with Crippen LogP contribution in [0.5, 0.6) is 0 Å². The summed E-state index contributed by atoms with van der Waals surface area (Å²) in [5.74, 6) is -0.00852. The highest BCUT2D eigenvalue weighted by Crippen LogP contribution is 2.39. The second-order valence-electron chi connectivity index (χ2n) is 6.20. The third kappa shape index (κ3) is 2.78. The Morgan fingerprint density at radius 3 is 2.70 bits per heavy atom. The van der Waals surface area contributed by atoms with E-state index in [1.54, 1.807) is 13.0 Å². The summed E-state index contributed by atoms with van der Waals surface area (Å²) in [6.07, 6.45) is 2.03. The maximum Gasteiger partial charge on any atom is 0.329 e. The molecule has 0 aliphatic heterocycles. The highest BCUT2D eigenvalue weighted by Gasteiger charge is 2.28. The van der Waals surface area contributed by atoms with Crippen molar-refractivity contribution in [3.63, 3.8) is 0 Å². The van der Waals surface area contributed by atoms with Crippen molar-refractivity contribution in [3.05, 3.63) is 38.2 Å². The van der Waals surface area contributed by atoms with Crippen molar-refractivity contribution in [1.29, 1.82) is 0 Å². The summed E-state index contributed by atoms with van der Waals surface area (Å²) < 4.78 is 1.40. The molecule has 2 aromatic heterocycles. The number of rotatable bonds is 4. The lowest BCUT2D eigenvalue weighted by Gasteiger charge is -2.13. The molecule has 122 valence electrons. The van der Waals surface area contributed by atoms with Gasteiger partial charge in [0.15, 0.2) is 5.65 Å². The maximum absolute atomic E-state index is 12.5. The largest absolute Gasteiger partial charge is 0.350 e. The number of carbonyl (C=O) groups excluding carboxylic acids is 1. The standard InChI is InChI=1S/C16H20N4O3/c1-4-20-13-12(15(22)19-16(20)23)10(14(21)17-8(2)3)7-11(18-13)9-5-6-9/h7-9H,4-6H2,1-3H3,(H,17,21)(H,19,22,23). The molecule has 0 spiro atoms. The second-order valence-corrected chi connectivity index (χ2v) is 6.20. The molecule has 1 fully saturated rings. The Morgan fingerprint density at radius 2 is 2.13 bits per heavy atom. The number of nitrogens with zero attached hydrogens (tertiary/aromatic N) is 2. The van der Waals surface area contributed by atoms with Crippen molar-refractivity contribution < 1.29 is 4.79 Å². The molecule has 2 aromatic rings. The van der Waals surface area contributed by atoms with Gasteiger partial charge in [-0.1, -0.05) is 0 Å². The molecule has 2 N–H and O–H groups in total. The fourth-order valence-electron chi connectivity index (χ4n) is 2.69. The molecule has 0 unspecified atom stereocenters. The first-order chi connectivity index (χ1) is 10.9. The minimum absolute atomic E-state index is 0.0498. The highest BCUT2D eigenvalue weighted by molar-refractivity contribution is 6.05. The quantitative estimate of drug-likeness (QED) is 0.883. The van der Waals surface area contributed by atoms with Crippen LogP contribution in [-0.2, 0) is 6.54 Å². The van der Waals surface area contributed by atoms with Gasteiger partial charge in [-0.05, 0) is 39.7 Å². The minimum Gasteiger partial charge on any atom is -0.350 e. The van der Waals surface area contributed by atoms with Crippen LogP contribution in [0.4, 0.5) is 0 Å². The Kier molecular flexibility index (Phi) is 3.79. The Bertz CT molecular complexity index is 891. The van der Waals surface area contributed by atoms with Gasteiger partial charge in [0, 0.05) is 24.2 Å². The van der Waals surface area contributed by atoms with Crippen LogP contribution >= 0.6 is 0 Å². The van der Waals surface area contributed by atoms with E-state index < -0.39 is 11.2 Å². The van der Waals surface area contributed by atoms with Gasteiger partial charge in [0.25, 0.3) is 11.5 Å². The summed E-state index contributed by atoms with van der Waals surface area (Å²) >= 11 is 0. The lowest BCUT2D eigenvalue weighted by atomic mass is 10.1. The van der Waals surface area contributed by atoms with Crippen molar-refractivity contribution in [2.45, 2.75) is 52.1 Å². The van der Waals surface area contributed by atoms with Crippen LogP contribution in [0, 0.1) is 0 Å². The number of pyridine rings is 1. The molecule has 1 aliphatic rings. The number of amides is 1. The molecular weight excluding hydrogens is 296 g/mol. The number of nitrogens with one attached hydrogen (secondary N) is 2. The summed E-state index contributed by atoms with van der Waals surface area (Å²) in [7, 11) is 0. The zero-order valence-electron chi connectivity index (χ0n) is 13.5. The molecule has 7 heteroatoms. The number of aromatic nitrogens is 3. The van der Waals surface area contributed by atoms with Crippen LogP contribution in [0.15, 0.2) is 15.7 Å². The van der Waals surface area contributed by atoms with E-state index >= 15 is 0 Å².